The van der Waals surface area contributed by atoms with Crippen LogP contribution < -0.4 is 25.7 Å². The van der Waals surface area contributed by atoms with E-state index in [0.717, 1.165) is 30.8 Å². The molecule has 56 heavy (non-hydrogen) atoms. The number of nitrogens with two attached hydrogens (primary N) is 2. The van der Waals surface area contributed by atoms with Gasteiger partial charge in [0.15, 0.2) is 5.78 Å². The van der Waals surface area contributed by atoms with Gasteiger partial charge in [0.1, 0.15) is 34.7 Å². The van der Waals surface area contributed by atoms with Gasteiger partial charge in [0.25, 0.3) is 20.2 Å². The molecule has 0 saturated heterocycles. The largest absolute Gasteiger partial charge is 0.507 e. The summed E-state index contributed by atoms with van der Waals surface area (Å²) in [7, 11) is -6.34. The van der Waals surface area contributed by atoms with E-state index in [1.54, 1.807) is 60.7 Å². The lowest BCUT2D eigenvalue weighted by atomic mass is 10.0. The smallest absolute Gasteiger partial charge is 0.267 e. The first-order valence-electron chi connectivity index (χ1n) is 16.6. The van der Waals surface area contributed by atoms with E-state index in [-0.39, 0.29) is 28.8 Å². The Hall–Kier alpha value is -5.57. The number of carbonyl (C=O) groups is 1. The van der Waals surface area contributed by atoms with Crippen LogP contribution in [0.5, 0.6) is 23.0 Å². The fourth-order valence-corrected chi connectivity index (χ4v) is 4.49. The van der Waals surface area contributed by atoms with Gasteiger partial charge in [-0.25, -0.2) is 0 Å². The summed E-state index contributed by atoms with van der Waals surface area (Å²) in [6, 6.07) is 27.9. The van der Waals surface area contributed by atoms with E-state index in [9.17, 15) is 26.7 Å². The third kappa shape index (κ3) is 21.4. The fourth-order valence-electron chi connectivity index (χ4n) is 4.03. The van der Waals surface area contributed by atoms with Gasteiger partial charge in [0.2, 0.25) is 0 Å². The lowest BCUT2D eigenvalue weighted by molar-refractivity contribution is 0.103. The Labute approximate surface area is 326 Å². The second-order valence-corrected chi connectivity index (χ2v) is 14.4. The van der Waals surface area contributed by atoms with Crippen LogP contribution in [0.1, 0.15) is 46.3 Å². The van der Waals surface area contributed by atoms with Gasteiger partial charge in [0.05, 0.1) is 50.6 Å². The van der Waals surface area contributed by atoms with Gasteiger partial charge in [-0.3, -0.25) is 24.7 Å². The van der Waals surface area contributed by atoms with Crippen molar-refractivity contribution in [2.45, 2.75) is 19.3 Å². The molecule has 11 N–H and O–H groups in total. The summed E-state index contributed by atoms with van der Waals surface area (Å²) < 4.78 is 70.4. The predicted octanol–water partition coefficient (Wildman–Crippen LogP) is 3.25. The fraction of sp³-hybridized carbons (Fsp3) is 0.270. The summed E-state index contributed by atoms with van der Waals surface area (Å²) in [5.41, 5.74) is 13.0. The van der Waals surface area contributed by atoms with E-state index < -0.39 is 45.0 Å². The number of hydrogen-bond donors (Lipinski definition) is 9. The monoisotopic (exact) mass is 820 g/mol. The Kier molecular flexibility index (Phi) is 22.1. The van der Waals surface area contributed by atoms with Crippen molar-refractivity contribution < 1.29 is 60.3 Å². The summed E-state index contributed by atoms with van der Waals surface area (Å²) >= 11 is 0. The number of benzene rings is 4. The van der Waals surface area contributed by atoms with Crippen LogP contribution in [0.3, 0.4) is 0 Å². The Bertz CT molecular complexity index is 1920. The summed E-state index contributed by atoms with van der Waals surface area (Å²) in [5.74, 6) is 0.777. The van der Waals surface area contributed by atoms with Gasteiger partial charge >= 0.3 is 0 Å². The molecule has 0 heterocycles. The molecule has 0 aromatic heterocycles. The number of carbonyl (C=O) groups excluding carboxylic acids is 1. The van der Waals surface area contributed by atoms with Crippen molar-refractivity contribution in [1.29, 1.82) is 10.8 Å². The average Bonchev–Trinajstić information content (AvgIpc) is 3.14. The minimum atomic E-state index is -3.92. The van der Waals surface area contributed by atoms with E-state index >= 15 is 0 Å². The number of nitrogen functional groups attached to an aromatic ring is 2. The van der Waals surface area contributed by atoms with E-state index in [4.69, 9.17) is 55.8 Å². The first kappa shape index (κ1) is 48.4. The molecule has 0 aliphatic carbocycles. The van der Waals surface area contributed by atoms with Crippen molar-refractivity contribution in [3.05, 3.63) is 119 Å². The summed E-state index contributed by atoms with van der Waals surface area (Å²) in [5, 5.41) is 40.2. The van der Waals surface area contributed by atoms with Crippen LogP contribution in [0.25, 0.3) is 0 Å². The summed E-state index contributed by atoms with van der Waals surface area (Å²) in [6.45, 7) is 0.233. The van der Waals surface area contributed by atoms with Gasteiger partial charge < -0.3 is 41.0 Å². The highest BCUT2D eigenvalue weighted by molar-refractivity contribution is 7.86. The van der Waals surface area contributed by atoms with Crippen LogP contribution in [0.2, 0.25) is 0 Å². The highest BCUT2D eigenvalue weighted by atomic mass is 32.2. The highest BCUT2D eigenvalue weighted by Crippen LogP contribution is 2.25. The lowest BCUT2D eigenvalue weighted by Gasteiger charge is -2.08. The van der Waals surface area contributed by atoms with E-state index in [2.05, 4.69) is 0 Å². The third-order valence-corrected chi connectivity index (χ3v) is 8.24. The standard InChI is InChI=1S/C19H24N4O2.C14H12O3.2C2H6O4S/c20-18(21)14-4-8-16(9-5-14)24-12-2-1-3-13-25-17-10-6-15(7-11-17)19(22)23;1-17-11-7-8-12(13(15)9-11)14(16)10-5-3-2-4-6-10;2*3-1-2-7(4,5)6/h4-11H,1-3,12-13H2,(H3,20,21)(H3,22,23);2-9,15H,1H3;2*3H,1-2H2,(H,4,5,6). The normalized spacial score (nSPS) is 10.5. The molecular formula is C37H48N4O13S2. The van der Waals surface area contributed by atoms with Crippen LogP contribution in [-0.2, 0) is 20.2 Å². The van der Waals surface area contributed by atoms with Crippen LogP contribution >= 0.6 is 0 Å². The van der Waals surface area contributed by atoms with Gasteiger partial charge in [0, 0.05) is 22.8 Å². The maximum Gasteiger partial charge on any atom is 0.267 e. The molecule has 4 aromatic carbocycles. The number of aromatic hydroxyl groups is 1. The molecule has 0 radical (unpaired) electrons. The minimum absolute atomic E-state index is 0.0579. The molecule has 0 bridgehead atoms. The molecule has 0 aliphatic heterocycles. The number of phenols is 1. The average molecular weight is 821 g/mol. The SMILES string of the molecule is COc1ccc(C(=O)c2ccccc2)c(O)c1.N=C(N)c1ccc(OCCCCCOc2ccc(C(=N)N)cc2)cc1.O=S(=O)(O)CCO.O=S(=O)(O)CCO. The molecule has 0 saturated carbocycles. The van der Waals surface area contributed by atoms with Crippen molar-refractivity contribution in [2.24, 2.45) is 11.5 Å². The Morgan fingerprint density at radius 2 is 1.04 bits per heavy atom. The molecule has 17 nitrogen and oxygen atoms in total. The van der Waals surface area contributed by atoms with E-state index in [1.807, 2.05) is 30.3 Å². The molecule has 0 aliphatic rings. The topological polar surface area (TPSA) is 314 Å². The van der Waals surface area contributed by atoms with Crippen molar-refractivity contribution in [2.75, 3.05) is 45.0 Å². The Morgan fingerprint density at radius 1 is 0.625 bits per heavy atom. The van der Waals surface area contributed by atoms with Crippen LogP contribution in [0, 0.1) is 10.8 Å². The number of ketones is 1. The van der Waals surface area contributed by atoms with E-state index in [0.29, 0.717) is 35.7 Å². The van der Waals surface area contributed by atoms with Crippen LogP contribution in [-0.4, -0.2) is 104 Å². The van der Waals surface area contributed by atoms with Gasteiger partial charge in [-0.1, -0.05) is 30.3 Å². The molecule has 0 spiro atoms. The van der Waals surface area contributed by atoms with Crippen LogP contribution in [0.4, 0.5) is 0 Å². The second kappa shape index (κ2) is 25.5. The molecule has 0 fully saturated rings. The molecule has 19 heteroatoms. The van der Waals surface area contributed by atoms with Gasteiger partial charge in [-0.05, 0) is 79.9 Å². The third-order valence-electron chi connectivity index (χ3n) is 6.84. The summed E-state index contributed by atoms with van der Waals surface area (Å²) in [4.78, 5) is 12.1. The highest BCUT2D eigenvalue weighted by Gasteiger charge is 2.13. The van der Waals surface area contributed by atoms with Crippen LogP contribution in [0.15, 0.2) is 97.1 Å². The van der Waals surface area contributed by atoms with Crippen molar-refractivity contribution in [3.8, 4) is 23.0 Å². The zero-order chi connectivity index (χ0) is 42.1. The lowest BCUT2D eigenvalue weighted by Crippen LogP contribution is -2.10. The van der Waals surface area contributed by atoms with Crippen molar-refractivity contribution in [3.63, 3.8) is 0 Å². The number of ether oxygens (including phenoxy) is 3. The maximum atomic E-state index is 12.1. The van der Waals surface area contributed by atoms with Crippen molar-refractivity contribution >= 4 is 37.7 Å². The first-order valence-corrected chi connectivity index (χ1v) is 19.9. The molecule has 4 aromatic rings. The zero-order valence-electron chi connectivity index (χ0n) is 30.6. The van der Waals surface area contributed by atoms with Crippen molar-refractivity contribution in [1.82, 2.24) is 0 Å². The predicted molar refractivity (Wildman–Crippen MR) is 211 cm³/mol. The number of aliphatic hydroxyl groups is 2. The molecule has 4 rings (SSSR count). The molecule has 0 atom stereocenters. The maximum absolute atomic E-state index is 12.1. The minimum Gasteiger partial charge on any atom is -0.507 e. The molecule has 0 unspecified atom stereocenters. The number of phenolic OH excluding ortho intramolecular Hbond substituents is 1. The molecule has 306 valence electrons. The number of unbranched alkanes of at least 4 members (excludes halogenated alkanes) is 2. The summed E-state index contributed by atoms with van der Waals surface area (Å²) in [6.07, 6.45) is 2.90. The number of aliphatic hydroxyl groups excluding tert-OH is 2. The quantitative estimate of drug-likeness (QED) is 0.0243. The molecule has 0 amide bonds. The van der Waals surface area contributed by atoms with E-state index in [1.165, 1.54) is 13.2 Å². The second-order valence-electron chi connectivity index (χ2n) is 11.2. The number of amidine groups is 2. The Morgan fingerprint density at radius 3 is 1.36 bits per heavy atom. The Balaban J connectivity index is 0.000000433. The number of hydrogen-bond acceptors (Lipinski definition) is 13. The number of methoxy groups -OCH3 is 1. The van der Waals surface area contributed by atoms with Gasteiger partial charge in [-0.15, -0.1) is 0 Å². The molecular weight excluding hydrogens is 773 g/mol. The number of nitrogens with one attached hydrogen (secondary N) is 2. The van der Waals surface area contributed by atoms with Gasteiger partial charge in [-0.2, -0.15) is 16.8 Å². The first-order chi connectivity index (χ1) is 26.4. The number of rotatable bonds is 17. The zero-order valence-corrected chi connectivity index (χ0v) is 32.2.